The van der Waals surface area contributed by atoms with E-state index in [1.54, 1.807) is 36.6 Å². The Bertz CT molecular complexity index is 1840. The number of pyridine rings is 1. The zero-order chi connectivity index (χ0) is 30.5. The van der Waals surface area contributed by atoms with Crippen LogP contribution < -0.4 is 10.3 Å². The van der Waals surface area contributed by atoms with Crippen LogP contribution in [0, 0.1) is 6.92 Å². The lowest BCUT2D eigenvalue weighted by Gasteiger charge is -2.32. The molecule has 224 valence electrons. The molecule has 43 heavy (non-hydrogen) atoms. The van der Waals surface area contributed by atoms with E-state index in [0.29, 0.717) is 47.9 Å². The number of fused-ring (bicyclic) bond motifs is 2. The summed E-state index contributed by atoms with van der Waals surface area (Å²) in [4.78, 5) is 34.1. The van der Waals surface area contributed by atoms with Crippen LogP contribution in [-0.2, 0) is 39.8 Å². The van der Waals surface area contributed by atoms with Crippen molar-refractivity contribution in [1.82, 2.24) is 14.5 Å². The van der Waals surface area contributed by atoms with Gasteiger partial charge in [-0.25, -0.2) is 9.78 Å². The summed E-state index contributed by atoms with van der Waals surface area (Å²) in [5.41, 5.74) is 1.95. The van der Waals surface area contributed by atoms with Crippen molar-refractivity contribution in [1.29, 1.82) is 0 Å². The second-order valence-electron chi connectivity index (χ2n) is 10.0. The second kappa shape index (κ2) is 10.9. The molecule has 1 aliphatic heterocycles. The van der Waals surface area contributed by atoms with Gasteiger partial charge in [0.05, 0.1) is 41.5 Å². The molecule has 0 fully saturated rings. The number of halogens is 4. The summed E-state index contributed by atoms with van der Waals surface area (Å²) >= 11 is 7.62. The molecule has 1 spiro atoms. The molecule has 6 rings (SSSR count). The van der Waals surface area contributed by atoms with E-state index in [-0.39, 0.29) is 37.1 Å². The van der Waals surface area contributed by atoms with Crippen molar-refractivity contribution in [3.8, 4) is 16.9 Å². The van der Waals surface area contributed by atoms with Gasteiger partial charge in [0, 0.05) is 39.2 Å². The zero-order valence-electron chi connectivity index (χ0n) is 22.8. The van der Waals surface area contributed by atoms with Crippen LogP contribution in [0.2, 0.25) is 5.02 Å². The highest BCUT2D eigenvalue weighted by atomic mass is 35.5. The van der Waals surface area contributed by atoms with Crippen LogP contribution in [0.25, 0.3) is 21.3 Å². The zero-order valence-corrected chi connectivity index (χ0v) is 24.4. The summed E-state index contributed by atoms with van der Waals surface area (Å²) in [5, 5.41) is 2.04. The van der Waals surface area contributed by atoms with Crippen LogP contribution in [0.5, 0.6) is 5.75 Å². The molecular formula is C29H23ClF3N3O6S. The average Bonchev–Trinajstić information content (AvgIpc) is 3.61. The normalized spacial score (nSPS) is 15.3. The Morgan fingerprint density at radius 2 is 1.95 bits per heavy atom. The van der Waals surface area contributed by atoms with Crippen LogP contribution in [0.4, 0.5) is 13.2 Å². The molecule has 4 heterocycles. The molecule has 0 atom stereocenters. The second-order valence-corrected chi connectivity index (χ2v) is 11.3. The summed E-state index contributed by atoms with van der Waals surface area (Å²) in [6, 6.07) is 6.64. The maximum absolute atomic E-state index is 14.1. The van der Waals surface area contributed by atoms with Crippen LogP contribution in [0.15, 0.2) is 47.0 Å². The summed E-state index contributed by atoms with van der Waals surface area (Å²) in [6.07, 6.45) is -1.84. The summed E-state index contributed by atoms with van der Waals surface area (Å²) in [6.45, 7) is 1.05. The fourth-order valence-corrected chi connectivity index (χ4v) is 6.50. The molecular weight excluding hydrogens is 611 g/mol. The van der Waals surface area contributed by atoms with E-state index in [1.165, 1.54) is 31.0 Å². The van der Waals surface area contributed by atoms with Crippen molar-refractivity contribution in [2.45, 2.75) is 44.7 Å². The average molecular weight is 634 g/mol. The van der Waals surface area contributed by atoms with Gasteiger partial charge in [0.15, 0.2) is 0 Å². The molecule has 0 saturated carbocycles. The van der Waals surface area contributed by atoms with Gasteiger partial charge in [-0.3, -0.25) is 14.3 Å². The van der Waals surface area contributed by atoms with Crippen molar-refractivity contribution in [2.75, 3.05) is 13.7 Å². The van der Waals surface area contributed by atoms with E-state index >= 15 is 0 Å². The van der Waals surface area contributed by atoms with E-state index in [1.807, 2.05) is 0 Å². The summed E-state index contributed by atoms with van der Waals surface area (Å²) < 4.78 is 65.4. The molecule has 0 amide bonds. The quantitative estimate of drug-likeness (QED) is 0.236. The molecule has 0 N–H and O–H groups in total. The van der Waals surface area contributed by atoms with Gasteiger partial charge >= 0.3 is 12.1 Å². The number of aryl methyl sites for hydroxylation is 2. The maximum Gasteiger partial charge on any atom is 0.449 e. The van der Waals surface area contributed by atoms with E-state index in [2.05, 4.69) is 9.97 Å². The minimum atomic E-state index is -4.87. The minimum absolute atomic E-state index is 0.0345. The molecule has 2 aliphatic rings. The predicted octanol–water partition coefficient (Wildman–Crippen LogP) is 6.07. The molecule has 9 nitrogen and oxygen atoms in total. The highest BCUT2D eigenvalue weighted by molar-refractivity contribution is 7.18. The fraction of sp³-hybridized carbons (Fsp3) is 0.310. The van der Waals surface area contributed by atoms with Gasteiger partial charge in [0.1, 0.15) is 24.9 Å². The Hall–Kier alpha value is -4.10. The highest BCUT2D eigenvalue weighted by Crippen LogP contribution is 2.41. The topological polar surface area (TPSA) is 102 Å². The fourth-order valence-electron chi connectivity index (χ4n) is 5.32. The first kappa shape index (κ1) is 29.0. The molecule has 4 aromatic rings. The Balaban J connectivity index is 1.34. The number of hydrogen-bond donors (Lipinski definition) is 0. The van der Waals surface area contributed by atoms with Gasteiger partial charge in [0.2, 0.25) is 5.82 Å². The number of hydrogen-bond acceptors (Lipinski definition) is 9. The predicted molar refractivity (Wildman–Crippen MR) is 151 cm³/mol. The lowest BCUT2D eigenvalue weighted by molar-refractivity contribution is -0.152. The molecule has 0 radical (unpaired) electrons. The van der Waals surface area contributed by atoms with Gasteiger partial charge in [-0.15, -0.1) is 11.3 Å². The van der Waals surface area contributed by atoms with Crippen LogP contribution in [0.3, 0.4) is 0 Å². The number of carbonyl (C=O) groups excluding carboxylic acids is 1. The van der Waals surface area contributed by atoms with E-state index < -0.39 is 35.9 Å². The Labute approximate surface area is 251 Å². The number of aromatic nitrogens is 3. The van der Waals surface area contributed by atoms with Crippen molar-refractivity contribution in [3.63, 3.8) is 0 Å². The summed E-state index contributed by atoms with van der Waals surface area (Å²) in [7, 11) is 1.28. The number of methoxy groups -OCH3 is 1. The van der Waals surface area contributed by atoms with Crippen molar-refractivity contribution < 1.29 is 36.9 Å². The van der Waals surface area contributed by atoms with E-state index in [4.69, 9.17) is 30.5 Å². The molecule has 1 aromatic carbocycles. The standard InChI is InChI=1S/C29H23ClF3N3O6S/c1-15-11-18(24-23(34-15)20(14-43-24)26(38)39-2)17-12-16(30)3-4-22(17)40-8-7-36-25(37)19-13-28(41-9-10-42-28)6-5-21(19)35-27(36)29(31,32)33/h3-4,9-12,14H,5-8,13H2,1-2H3. The number of esters is 1. The van der Waals surface area contributed by atoms with Crippen molar-refractivity contribution in [3.05, 3.63) is 85.9 Å². The van der Waals surface area contributed by atoms with Crippen LogP contribution in [0.1, 0.15) is 39.6 Å². The van der Waals surface area contributed by atoms with E-state index in [9.17, 15) is 22.8 Å². The van der Waals surface area contributed by atoms with Gasteiger partial charge < -0.3 is 18.9 Å². The minimum Gasteiger partial charge on any atom is -0.491 e. The van der Waals surface area contributed by atoms with Gasteiger partial charge in [-0.05, 0) is 37.6 Å². The smallest absolute Gasteiger partial charge is 0.449 e. The lowest BCUT2D eigenvalue weighted by Crippen LogP contribution is -2.43. The SMILES string of the molecule is COC(=O)c1csc2c(-c3cc(Cl)ccc3OCCn3c(C(F)(F)F)nc4c(c3=O)CC3(CC4)OC=CO3)cc(C)nc12. The van der Waals surface area contributed by atoms with Gasteiger partial charge in [-0.2, -0.15) is 13.2 Å². The highest BCUT2D eigenvalue weighted by Gasteiger charge is 2.44. The molecule has 14 heteroatoms. The third-order valence-corrected chi connectivity index (χ3v) is 8.51. The molecule has 3 aromatic heterocycles. The van der Waals surface area contributed by atoms with Gasteiger partial charge in [-0.1, -0.05) is 11.6 Å². The molecule has 0 unspecified atom stereocenters. The monoisotopic (exact) mass is 633 g/mol. The summed E-state index contributed by atoms with van der Waals surface area (Å²) in [5.74, 6) is -2.63. The number of carbonyl (C=O) groups is 1. The Morgan fingerprint density at radius 1 is 1.19 bits per heavy atom. The first-order valence-electron chi connectivity index (χ1n) is 13.1. The molecule has 0 bridgehead atoms. The number of benzene rings is 1. The number of ether oxygens (including phenoxy) is 4. The lowest BCUT2D eigenvalue weighted by atomic mass is 9.91. The first-order chi connectivity index (χ1) is 20.5. The molecule has 0 saturated heterocycles. The third kappa shape index (κ3) is 5.31. The number of thiophene rings is 1. The largest absolute Gasteiger partial charge is 0.491 e. The number of alkyl halides is 3. The van der Waals surface area contributed by atoms with Crippen molar-refractivity contribution >= 4 is 39.1 Å². The van der Waals surface area contributed by atoms with Crippen LogP contribution in [-0.4, -0.2) is 40.0 Å². The van der Waals surface area contributed by atoms with Crippen molar-refractivity contribution in [2.24, 2.45) is 0 Å². The maximum atomic E-state index is 14.1. The number of rotatable bonds is 6. The van der Waals surface area contributed by atoms with E-state index in [0.717, 1.165) is 0 Å². The number of nitrogens with zero attached hydrogens (tertiary/aromatic N) is 3. The van der Waals surface area contributed by atoms with Gasteiger partial charge in [0.25, 0.3) is 11.3 Å². The molecule has 1 aliphatic carbocycles. The van der Waals surface area contributed by atoms with Crippen LogP contribution >= 0.6 is 22.9 Å². The Kier molecular flexibility index (Phi) is 7.33. The Morgan fingerprint density at radius 3 is 2.67 bits per heavy atom. The third-order valence-electron chi connectivity index (χ3n) is 7.27. The first-order valence-corrected chi connectivity index (χ1v) is 14.4.